The molecule has 1 atom stereocenters. The Hall–Kier alpha value is -2.68. The third kappa shape index (κ3) is 4.67. The van der Waals surface area contributed by atoms with Crippen LogP contribution in [0.15, 0.2) is 23.4 Å². The first kappa shape index (κ1) is 22.6. The largest absolute Gasteiger partial charge is 0.493 e. The van der Waals surface area contributed by atoms with Gasteiger partial charge in [0, 0.05) is 17.8 Å². The van der Waals surface area contributed by atoms with Crippen LogP contribution in [0.5, 0.6) is 11.5 Å². The van der Waals surface area contributed by atoms with Gasteiger partial charge in [-0.05, 0) is 52.4 Å². The number of hydrogen-bond donors (Lipinski definition) is 1. The van der Waals surface area contributed by atoms with Gasteiger partial charge in [0.25, 0.3) is 5.69 Å². The van der Waals surface area contributed by atoms with Crippen LogP contribution in [0, 0.1) is 10.1 Å². The van der Waals surface area contributed by atoms with E-state index in [-0.39, 0.29) is 23.3 Å². The van der Waals surface area contributed by atoms with E-state index in [1.54, 1.807) is 6.07 Å². The van der Waals surface area contributed by atoms with E-state index in [1.807, 2.05) is 32.6 Å². The highest BCUT2D eigenvalue weighted by Gasteiger charge is 2.36. The number of nitrogens with zero attached hydrogens (tertiary/aromatic N) is 2. The van der Waals surface area contributed by atoms with Gasteiger partial charge in [-0.15, -0.1) is 0 Å². The Morgan fingerprint density at radius 3 is 2.52 bits per heavy atom. The topological polar surface area (TPSA) is 93.9 Å². The molecule has 0 fully saturated rings. The van der Waals surface area contributed by atoms with E-state index < -0.39 is 11.0 Å². The molecule has 2 rings (SSSR count). The zero-order valence-corrected chi connectivity index (χ0v) is 18.4. The van der Waals surface area contributed by atoms with Crippen molar-refractivity contribution >= 4 is 28.8 Å². The van der Waals surface area contributed by atoms with Crippen molar-refractivity contribution in [3.8, 4) is 11.5 Å². The molecule has 1 aromatic carbocycles. The Kier molecular flexibility index (Phi) is 7.18. The molecule has 0 saturated carbocycles. The van der Waals surface area contributed by atoms with Gasteiger partial charge in [-0.3, -0.25) is 14.9 Å². The molecular weight excluding hydrogens is 394 g/mol. The molecule has 8 nitrogen and oxygen atoms in total. The van der Waals surface area contributed by atoms with Crippen LogP contribution >= 0.6 is 12.2 Å². The van der Waals surface area contributed by atoms with E-state index in [9.17, 15) is 14.9 Å². The van der Waals surface area contributed by atoms with Crippen molar-refractivity contribution in [2.45, 2.75) is 53.2 Å². The fraction of sp³-hybridized carbons (Fsp3) is 0.500. The van der Waals surface area contributed by atoms with E-state index in [1.165, 1.54) is 20.1 Å². The quantitative estimate of drug-likeness (QED) is 0.384. The van der Waals surface area contributed by atoms with Crippen molar-refractivity contribution < 1.29 is 19.2 Å². The number of benzene rings is 1. The molecule has 1 N–H and O–H groups in total. The minimum absolute atomic E-state index is 0.164. The molecule has 0 bridgehead atoms. The first-order valence-corrected chi connectivity index (χ1v) is 9.85. The molecule has 0 amide bonds. The van der Waals surface area contributed by atoms with Crippen LogP contribution in [-0.4, -0.2) is 40.5 Å². The number of rotatable bonds is 8. The molecule has 1 aliphatic rings. The maximum atomic E-state index is 12.5. The smallest absolute Gasteiger partial charge is 0.279 e. The van der Waals surface area contributed by atoms with Crippen molar-refractivity contribution in [3.05, 3.63) is 39.1 Å². The second-order valence-electron chi connectivity index (χ2n) is 7.08. The van der Waals surface area contributed by atoms with Crippen molar-refractivity contribution in [1.29, 1.82) is 0 Å². The molecule has 0 spiro atoms. The van der Waals surface area contributed by atoms with Crippen molar-refractivity contribution in [1.82, 2.24) is 10.2 Å². The lowest BCUT2D eigenvalue weighted by molar-refractivity contribution is -0.385. The lowest BCUT2D eigenvalue weighted by Crippen LogP contribution is -2.47. The summed E-state index contributed by atoms with van der Waals surface area (Å²) >= 11 is 5.49. The number of carbonyl (C=O) groups excluding carboxylic acids is 1. The van der Waals surface area contributed by atoms with Crippen LogP contribution in [0.4, 0.5) is 5.69 Å². The number of thiocarbonyl (C=S) groups is 1. The second kappa shape index (κ2) is 9.21. The van der Waals surface area contributed by atoms with Crippen LogP contribution < -0.4 is 14.8 Å². The van der Waals surface area contributed by atoms with Crippen LogP contribution in [0.2, 0.25) is 0 Å². The zero-order valence-electron chi connectivity index (χ0n) is 17.6. The summed E-state index contributed by atoms with van der Waals surface area (Å²) in [7, 11) is 1.42. The average molecular weight is 422 g/mol. The molecule has 0 radical (unpaired) electrons. The molecule has 0 aliphatic carbocycles. The number of Topliss-reactive ketones (excluding diaryl/α,β-unsaturated/α-hetero) is 1. The van der Waals surface area contributed by atoms with Gasteiger partial charge in [0.2, 0.25) is 0 Å². The van der Waals surface area contributed by atoms with Gasteiger partial charge in [-0.1, -0.05) is 6.92 Å². The predicted molar refractivity (Wildman–Crippen MR) is 114 cm³/mol. The number of hydrogen-bond acceptors (Lipinski definition) is 6. The predicted octanol–water partition coefficient (Wildman–Crippen LogP) is 3.89. The summed E-state index contributed by atoms with van der Waals surface area (Å²) in [5, 5.41) is 15.4. The Balaban J connectivity index is 2.74. The number of ketones is 1. The van der Waals surface area contributed by atoms with E-state index in [0.717, 1.165) is 6.42 Å². The van der Waals surface area contributed by atoms with Crippen molar-refractivity contribution in [2.24, 2.45) is 0 Å². The number of nitro groups is 1. The molecule has 1 aromatic rings. The Bertz CT molecular complexity index is 866. The first-order valence-electron chi connectivity index (χ1n) is 9.45. The molecule has 1 unspecified atom stereocenters. The normalized spacial score (nSPS) is 16.7. The molecule has 0 saturated heterocycles. The third-order valence-electron chi connectivity index (χ3n) is 4.61. The SMILES string of the molecule is CCCN1C(=S)NC(c2cc(OC(C)C)c(OC)cc2[N+](=O)[O-])C(C(C)=O)=C1C. The highest BCUT2D eigenvalue weighted by molar-refractivity contribution is 7.80. The summed E-state index contributed by atoms with van der Waals surface area (Å²) in [5.74, 6) is 0.442. The number of allylic oxidation sites excluding steroid dienone is 1. The Morgan fingerprint density at radius 1 is 1.38 bits per heavy atom. The van der Waals surface area contributed by atoms with Crippen LogP contribution in [0.25, 0.3) is 0 Å². The van der Waals surface area contributed by atoms with Crippen molar-refractivity contribution in [2.75, 3.05) is 13.7 Å². The van der Waals surface area contributed by atoms with E-state index in [2.05, 4.69) is 5.32 Å². The van der Waals surface area contributed by atoms with Crippen LogP contribution in [0.3, 0.4) is 0 Å². The highest BCUT2D eigenvalue weighted by atomic mass is 32.1. The third-order valence-corrected chi connectivity index (χ3v) is 4.94. The Labute approximate surface area is 176 Å². The van der Waals surface area contributed by atoms with Gasteiger partial charge in [0.1, 0.15) is 0 Å². The van der Waals surface area contributed by atoms with Gasteiger partial charge < -0.3 is 19.7 Å². The van der Waals surface area contributed by atoms with Gasteiger partial charge in [0.05, 0.1) is 35.8 Å². The maximum Gasteiger partial charge on any atom is 0.279 e. The summed E-state index contributed by atoms with van der Waals surface area (Å²) in [6, 6.07) is 2.13. The first-order chi connectivity index (χ1) is 13.6. The number of methoxy groups -OCH3 is 1. The molecule has 0 aromatic heterocycles. The number of ether oxygens (including phenoxy) is 2. The fourth-order valence-corrected chi connectivity index (χ4v) is 3.77. The summed E-state index contributed by atoms with van der Waals surface area (Å²) < 4.78 is 11.1. The highest BCUT2D eigenvalue weighted by Crippen LogP contribution is 2.42. The minimum Gasteiger partial charge on any atom is -0.493 e. The zero-order chi connectivity index (χ0) is 21.9. The maximum absolute atomic E-state index is 12.5. The van der Waals surface area contributed by atoms with Crippen LogP contribution in [-0.2, 0) is 4.79 Å². The van der Waals surface area contributed by atoms with Crippen molar-refractivity contribution in [3.63, 3.8) is 0 Å². The van der Waals surface area contributed by atoms with Gasteiger partial charge in [-0.25, -0.2) is 0 Å². The second-order valence-corrected chi connectivity index (χ2v) is 7.46. The molecule has 158 valence electrons. The molecule has 1 heterocycles. The molecule has 1 aliphatic heterocycles. The average Bonchev–Trinajstić information content (AvgIpc) is 2.63. The van der Waals surface area contributed by atoms with E-state index in [4.69, 9.17) is 21.7 Å². The lowest BCUT2D eigenvalue weighted by Gasteiger charge is -2.37. The number of nitrogens with one attached hydrogen (secondary N) is 1. The number of carbonyl (C=O) groups is 1. The van der Waals surface area contributed by atoms with Gasteiger partial charge in [0.15, 0.2) is 22.4 Å². The minimum atomic E-state index is -0.756. The molecular formula is C20H27N3O5S. The Morgan fingerprint density at radius 2 is 2.03 bits per heavy atom. The van der Waals surface area contributed by atoms with Gasteiger partial charge in [-0.2, -0.15) is 0 Å². The standard InChI is InChI=1S/C20H27N3O5S/c1-7-8-22-12(4)18(13(5)24)19(21-20(22)29)14-9-17(28-11(2)3)16(27-6)10-15(14)23(25)26/h9-11,19H,7-8H2,1-6H3,(H,21,29). The summed E-state index contributed by atoms with van der Waals surface area (Å²) in [4.78, 5) is 25.7. The lowest BCUT2D eigenvalue weighted by atomic mass is 9.91. The summed E-state index contributed by atoms with van der Waals surface area (Å²) in [6.45, 7) is 9.62. The van der Waals surface area contributed by atoms with Crippen LogP contribution in [0.1, 0.15) is 52.6 Å². The molecule has 29 heavy (non-hydrogen) atoms. The molecule has 9 heteroatoms. The number of nitro benzene ring substituents is 1. The summed E-state index contributed by atoms with van der Waals surface area (Å²) in [5.41, 5.74) is 1.27. The van der Waals surface area contributed by atoms with Gasteiger partial charge >= 0.3 is 0 Å². The fourth-order valence-electron chi connectivity index (χ4n) is 3.42. The monoisotopic (exact) mass is 421 g/mol. The summed E-state index contributed by atoms with van der Waals surface area (Å²) in [6.07, 6.45) is 0.674. The van der Waals surface area contributed by atoms with E-state index >= 15 is 0 Å². The van der Waals surface area contributed by atoms with E-state index in [0.29, 0.717) is 34.2 Å².